The topological polar surface area (TPSA) is 0 Å². The van der Waals surface area contributed by atoms with E-state index in [1.807, 2.05) is 0 Å². The molecule has 0 atom stereocenters. The molecule has 0 heterocycles. The van der Waals surface area contributed by atoms with Crippen molar-refractivity contribution in [3.05, 3.63) is 0 Å². The van der Waals surface area contributed by atoms with Gasteiger partial charge in [-0.1, -0.05) is 13.3 Å². The predicted octanol–water partition coefficient (Wildman–Crippen LogP) is 0.378. The molecule has 0 nitrogen and oxygen atoms in total. The highest BCUT2D eigenvalue weighted by atomic mass is 79.9. The molecule has 0 aliphatic heterocycles. The molecule has 0 saturated carbocycles. The van der Waals surface area contributed by atoms with Gasteiger partial charge in [0.05, 0.1) is 25.5 Å². The fourth-order valence-corrected chi connectivity index (χ4v) is 2.35. The normalized spacial score (nSPS) is 10.7. The van der Waals surface area contributed by atoms with E-state index in [1.54, 1.807) is 0 Å². The van der Waals surface area contributed by atoms with Gasteiger partial charge < -0.3 is 17.0 Å². The molecule has 0 saturated heterocycles. The molecule has 0 rings (SSSR count). The highest BCUT2D eigenvalue weighted by Crippen LogP contribution is 2.59. The van der Waals surface area contributed by atoms with Gasteiger partial charge in [0.25, 0.3) is 0 Å². The van der Waals surface area contributed by atoms with Crippen LogP contribution in [0.15, 0.2) is 0 Å². The van der Waals surface area contributed by atoms with Gasteiger partial charge >= 0.3 is 0 Å². The van der Waals surface area contributed by atoms with Crippen LogP contribution in [0.4, 0.5) is 0 Å². The van der Waals surface area contributed by atoms with Crippen molar-refractivity contribution in [3.8, 4) is 0 Å². The molecule has 3 heteroatoms. The maximum Gasteiger partial charge on any atom is 0.138 e. The molecule has 0 amide bonds. The van der Waals surface area contributed by atoms with Crippen LogP contribution in [-0.2, 0) is 0 Å². The first kappa shape index (κ1) is 13.0. The van der Waals surface area contributed by atoms with Crippen molar-refractivity contribution in [1.29, 1.82) is 0 Å². The largest absolute Gasteiger partial charge is 1.00 e. The van der Waals surface area contributed by atoms with Crippen LogP contribution in [0.3, 0.4) is 0 Å². The lowest BCUT2D eigenvalue weighted by Crippen LogP contribution is -3.00. The van der Waals surface area contributed by atoms with Crippen molar-refractivity contribution >= 4 is 21.5 Å². The highest BCUT2D eigenvalue weighted by molar-refractivity contribution is 9.42. The molecule has 0 aromatic heterocycles. The fraction of sp³-hybridized carbons (Fsp3) is 1.00. The maximum atomic E-state index is 3.69. The van der Waals surface area contributed by atoms with Gasteiger partial charge in [-0.15, -0.1) is 0 Å². The summed E-state index contributed by atoms with van der Waals surface area (Å²) >= 11 is 3.69. The second-order valence-corrected chi connectivity index (χ2v) is 11.9. The van der Waals surface area contributed by atoms with Gasteiger partial charge in [-0.25, -0.2) is 0 Å². The monoisotopic (exact) mass is 276 g/mol. The van der Waals surface area contributed by atoms with Crippen LogP contribution in [0.5, 0.6) is 0 Å². The highest BCUT2D eigenvalue weighted by Gasteiger charge is 2.18. The lowest BCUT2D eigenvalue weighted by molar-refractivity contribution is -0.00000185. The second kappa shape index (κ2) is 6.12. The summed E-state index contributed by atoms with van der Waals surface area (Å²) in [5.74, 6) is -0.620. The molecular weight excluding hydrogens is 263 g/mol. The van der Waals surface area contributed by atoms with E-state index in [-0.39, 0.29) is 17.0 Å². The summed E-state index contributed by atoms with van der Waals surface area (Å²) in [4.78, 5) is 0. The smallest absolute Gasteiger partial charge is 0.138 e. The Kier molecular flexibility index (Phi) is 8.85. The van der Waals surface area contributed by atoms with E-state index in [9.17, 15) is 0 Å². The van der Waals surface area contributed by atoms with Crippen LogP contribution in [0.25, 0.3) is 0 Å². The quantitative estimate of drug-likeness (QED) is 0.655. The van der Waals surface area contributed by atoms with Gasteiger partial charge in [0.2, 0.25) is 0 Å². The number of unbranched alkanes of at least 4 members (excludes halogenated alkanes) is 1. The van der Waals surface area contributed by atoms with Crippen LogP contribution < -0.4 is 17.0 Å². The average Bonchev–Trinajstić information content (AvgIpc) is 1.59. The van der Waals surface area contributed by atoms with Gasteiger partial charge in [0, 0.05) is 0 Å². The SMILES string of the molecule is CCCC[P+](C)(C)Br.[Br-]. The molecular formula is C6H15Br2P. The van der Waals surface area contributed by atoms with Crippen LogP contribution in [0.1, 0.15) is 19.8 Å². The first-order valence-corrected chi connectivity index (χ1v) is 7.97. The summed E-state index contributed by atoms with van der Waals surface area (Å²) < 4.78 is 0. The molecule has 9 heavy (non-hydrogen) atoms. The fourth-order valence-electron chi connectivity index (χ4n) is 0.534. The maximum absolute atomic E-state index is 3.69. The number of hydrogen-bond acceptors (Lipinski definition) is 0. The van der Waals surface area contributed by atoms with Crippen molar-refractivity contribution < 1.29 is 17.0 Å². The third-order valence-corrected chi connectivity index (χ3v) is 3.49. The van der Waals surface area contributed by atoms with E-state index >= 15 is 0 Å². The van der Waals surface area contributed by atoms with Crippen LogP contribution in [0.2, 0.25) is 0 Å². The van der Waals surface area contributed by atoms with Gasteiger partial charge in [-0.2, -0.15) is 0 Å². The van der Waals surface area contributed by atoms with Crippen molar-refractivity contribution in [2.45, 2.75) is 19.8 Å². The summed E-state index contributed by atoms with van der Waals surface area (Å²) in [5.41, 5.74) is 0. The number of rotatable bonds is 3. The molecule has 0 bridgehead atoms. The van der Waals surface area contributed by atoms with E-state index in [2.05, 4.69) is 35.7 Å². The minimum absolute atomic E-state index is 0. The lowest BCUT2D eigenvalue weighted by Gasteiger charge is -2.05. The summed E-state index contributed by atoms with van der Waals surface area (Å²) in [5, 5.41) is 0. The third-order valence-electron chi connectivity index (χ3n) is 1.04. The number of halogens is 2. The zero-order valence-electron chi connectivity index (χ0n) is 6.32. The van der Waals surface area contributed by atoms with Crippen molar-refractivity contribution in [1.82, 2.24) is 0 Å². The Bertz CT molecular complexity index is 58.6. The van der Waals surface area contributed by atoms with E-state index in [1.165, 1.54) is 19.0 Å². The Morgan fingerprint density at radius 2 is 1.78 bits per heavy atom. The Labute approximate surface area is 77.6 Å². The van der Waals surface area contributed by atoms with Gasteiger partial charge in [-0.05, 0) is 6.42 Å². The Hall–Kier alpha value is 1.39. The van der Waals surface area contributed by atoms with Crippen LogP contribution >= 0.6 is 21.5 Å². The average molecular weight is 278 g/mol. The predicted molar refractivity (Wildman–Crippen MR) is 47.5 cm³/mol. The molecule has 0 radical (unpaired) electrons. The summed E-state index contributed by atoms with van der Waals surface area (Å²) in [6, 6.07) is 0. The van der Waals surface area contributed by atoms with Gasteiger partial charge in [0.1, 0.15) is 15.5 Å². The third kappa shape index (κ3) is 12.6. The van der Waals surface area contributed by atoms with Crippen molar-refractivity contribution in [3.63, 3.8) is 0 Å². The number of hydrogen-bond donors (Lipinski definition) is 0. The Morgan fingerprint density at radius 3 is 1.89 bits per heavy atom. The standard InChI is InChI=1S/C6H15BrP.BrH/c1-4-5-6-8(2,3)7;/h4-6H2,1-3H3;1H/q+1;/p-1. The van der Waals surface area contributed by atoms with E-state index < -0.39 is 5.96 Å². The van der Waals surface area contributed by atoms with E-state index in [0.29, 0.717) is 0 Å². The molecule has 58 valence electrons. The second-order valence-electron chi connectivity index (χ2n) is 2.61. The van der Waals surface area contributed by atoms with Crippen LogP contribution in [-0.4, -0.2) is 19.5 Å². The first-order chi connectivity index (χ1) is 3.56. The van der Waals surface area contributed by atoms with Crippen molar-refractivity contribution in [2.75, 3.05) is 19.5 Å². The summed E-state index contributed by atoms with van der Waals surface area (Å²) in [6.45, 7) is 6.88. The zero-order valence-corrected chi connectivity index (χ0v) is 10.4. The molecule has 0 N–H and O–H groups in total. The zero-order chi connectivity index (χ0) is 6.62. The van der Waals surface area contributed by atoms with Gasteiger partial charge in [-0.3, -0.25) is 0 Å². The van der Waals surface area contributed by atoms with Gasteiger partial charge in [0.15, 0.2) is 0 Å². The molecule has 0 aromatic rings. The summed E-state index contributed by atoms with van der Waals surface area (Å²) in [6.07, 6.45) is 4.10. The molecule has 0 aliphatic carbocycles. The molecule has 0 aromatic carbocycles. The molecule has 0 fully saturated rings. The first-order valence-electron chi connectivity index (χ1n) is 3.09. The minimum Gasteiger partial charge on any atom is -1.00 e. The van der Waals surface area contributed by atoms with E-state index in [0.717, 1.165) is 0 Å². The minimum atomic E-state index is -0.620. The molecule has 0 unspecified atom stereocenters. The summed E-state index contributed by atoms with van der Waals surface area (Å²) in [7, 11) is 0. The Balaban J connectivity index is 0. The van der Waals surface area contributed by atoms with E-state index in [4.69, 9.17) is 0 Å². The van der Waals surface area contributed by atoms with Crippen molar-refractivity contribution in [2.24, 2.45) is 0 Å². The Morgan fingerprint density at radius 1 is 1.33 bits per heavy atom. The molecule has 0 spiro atoms. The van der Waals surface area contributed by atoms with Crippen LogP contribution in [0, 0.1) is 0 Å². The lowest BCUT2D eigenvalue weighted by atomic mass is 10.4. The molecule has 0 aliphatic rings.